The number of nitrogen functional groups attached to an aromatic ring is 1. The van der Waals surface area contributed by atoms with Gasteiger partial charge in [0.15, 0.2) is 0 Å². The largest absolute Gasteiger partial charge is 0.459 e. The van der Waals surface area contributed by atoms with E-state index in [0.717, 1.165) is 30.7 Å². The molecule has 1 aromatic rings. The third-order valence-electron chi connectivity index (χ3n) is 3.52. The first kappa shape index (κ1) is 13.4. The lowest BCUT2D eigenvalue weighted by molar-refractivity contribution is 0.0378. The number of hydrogen-bond acceptors (Lipinski definition) is 4. The Labute approximate surface area is 112 Å². The molecule has 1 aliphatic rings. The molecule has 4 heteroatoms. The highest BCUT2D eigenvalue weighted by Crippen LogP contribution is 2.39. The number of nitrogens with two attached hydrogens (primary N) is 1. The number of fused-ring (bicyclic) bond motifs is 1. The fourth-order valence-corrected chi connectivity index (χ4v) is 3.74. The Bertz CT molecular complexity index is 451. The van der Waals surface area contributed by atoms with Gasteiger partial charge in [0, 0.05) is 4.88 Å². The molecule has 18 heavy (non-hydrogen) atoms. The standard InChI is InChI=1S/C14H21NO2S/c1-4-9-5-6-10-11(7-9)18-13(15)12(10)14(16)17-8(2)3/h8-9H,4-7,15H2,1-3H3. The second-order valence-electron chi connectivity index (χ2n) is 5.21. The second kappa shape index (κ2) is 5.31. The molecule has 0 saturated heterocycles. The van der Waals surface area contributed by atoms with Crippen LogP contribution in [0.4, 0.5) is 5.00 Å². The Hall–Kier alpha value is -1.03. The summed E-state index contributed by atoms with van der Waals surface area (Å²) in [6, 6.07) is 0. The van der Waals surface area contributed by atoms with Crippen molar-refractivity contribution >= 4 is 22.3 Å². The van der Waals surface area contributed by atoms with E-state index in [1.165, 1.54) is 11.3 Å². The second-order valence-corrected chi connectivity index (χ2v) is 6.35. The predicted octanol–water partition coefficient (Wildman–Crippen LogP) is 3.41. The third-order valence-corrected chi connectivity index (χ3v) is 4.60. The molecule has 0 radical (unpaired) electrons. The molecule has 0 bridgehead atoms. The van der Waals surface area contributed by atoms with Gasteiger partial charge in [-0.25, -0.2) is 4.79 Å². The van der Waals surface area contributed by atoms with Crippen molar-refractivity contribution in [2.75, 3.05) is 5.73 Å². The van der Waals surface area contributed by atoms with Crippen molar-refractivity contribution in [3.05, 3.63) is 16.0 Å². The van der Waals surface area contributed by atoms with E-state index in [1.807, 2.05) is 13.8 Å². The van der Waals surface area contributed by atoms with Gasteiger partial charge in [-0.1, -0.05) is 13.3 Å². The highest BCUT2D eigenvalue weighted by molar-refractivity contribution is 7.16. The van der Waals surface area contributed by atoms with E-state index in [1.54, 1.807) is 11.3 Å². The van der Waals surface area contributed by atoms with Gasteiger partial charge in [-0.2, -0.15) is 0 Å². The van der Waals surface area contributed by atoms with Crippen molar-refractivity contribution < 1.29 is 9.53 Å². The summed E-state index contributed by atoms with van der Waals surface area (Å²) in [7, 11) is 0. The summed E-state index contributed by atoms with van der Waals surface area (Å²) in [4.78, 5) is 13.4. The Morgan fingerprint density at radius 1 is 1.56 bits per heavy atom. The van der Waals surface area contributed by atoms with E-state index in [4.69, 9.17) is 10.5 Å². The first-order valence-electron chi connectivity index (χ1n) is 6.63. The van der Waals surface area contributed by atoms with Crippen LogP contribution >= 0.6 is 11.3 Å². The monoisotopic (exact) mass is 267 g/mol. The summed E-state index contributed by atoms with van der Waals surface area (Å²) >= 11 is 1.57. The van der Waals surface area contributed by atoms with Crippen molar-refractivity contribution in [3.63, 3.8) is 0 Å². The average molecular weight is 267 g/mol. The van der Waals surface area contributed by atoms with Gasteiger partial charge in [-0.05, 0) is 44.6 Å². The maximum atomic E-state index is 12.1. The van der Waals surface area contributed by atoms with Crippen LogP contribution < -0.4 is 5.73 Å². The van der Waals surface area contributed by atoms with Crippen molar-refractivity contribution in [2.24, 2.45) is 5.92 Å². The number of anilines is 1. The molecule has 0 aromatic carbocycles. The van der Waals surface area contributed by atoms with E-state index in [0.29, 0.717) is 10.6 Å². The molecular formula is C14H21NO2S. The molecule has 1 aliphatic carbocycles. The van der Waals surface area contributed by atoms with Crippen LogP contribution in [0, 0.1) is 5.92 Å². The van der Waals surface area contributed by atoms with Crippen LogP contribution in [0.15, 0.2) is 0 Å². The number of esters is 1. The Balaban J connectivity index is 2.28. The number of carbonyl (C=O) groups is 1. The van der Waals surface area contributed by atoms with Gasteiger partial charge >= 0.3 is 5.97 Å². The van der Waals surface area contributed by atoms with Gasteiger partial charge in [0.05, 0.1) is 11.7 Å². The van der Waals surface area contributed by atoms with Crippen LogP contribution in [0.3, 0.4) is 0 Å². The normalized spacial score (nSPS) is 18.8. The van der Waals surface area contributed by atoms with Crippen LogP contribution in [0.1, 0.15) is 54.4 Å². The smallest absolute Gasteiger partial charge is 0.341 e. The van der Waals surface area contributed by atoms with E-state index in [-0.39, 0.29) is 12.1 Å². The Kier molecular flexibility index (Phi) is 3.95. The topological polar surface area (TPSA) is 52.3 Å². The fraction of sp³-hybridized carbons (Fsp3) is 0.643. The molecule has 2 N–H and O–H groups in total. The van der Waals surface area contributed by atoms with Gasteiger partial charge in [0.1, 0.15) is 5.00 Å². The number of hydrogen-bond donors (Lipinski definition) is 1. The van der Waals surface area contributed by atoms with Gasteiger partial charge in [0.2, 0.25) is 0 Å². The van der Waals surface area contributed by atoms with Crippen LogP contribution in [0.5, 0.6) is 0 Å². The molecule has 0 fully saturated rings. The first-order valence-corrected chi connectivity index (χ1v) is 7.45. The fourth-order valence-electron chi connectivity index (χ4n) is 2.52. The lowest BCUT2D eigenvalue weighted by Gasteiger charge is -2.21. The summed E-state index contributed by atoms with van der Waals surface area (Å²) in [5, 5.41) is 0.627. The molecule has 3 nitrogen and oxygen atoms in total. The molecule has 0 spiro atoms. The van der Waals surface area contributed by atoms with E-state index < -0.39 is 0 Å². The summed E-state index contributed by atoms with van der Waals surface area (Å²) in [5.41, 5.74) is 7.79. The lowest BCUT2D eigenvalue weighted by Crippen LogP contribution is -2.17. The lowest BCUT2D eigenvalue weighted by atomic mass is 9.86. The van der Waals surface area contributed by atoms with Crippen molar-refractivity contribution in [2.45, 2.75) is 52.6 Å². The minimum absolute atomic E-state index is 0.0977. The Morgan fingerprint density at radius 3 is 2.89 bits per heavy atom. The Morgan fingerprint density at radius 2 is 2.28 bits per heavy atom. The zero-order chi connectivity index (χ0) is 13.3. The SMILES string of the molecule is CCC1CCc2c(sc(N)c2C(=O)OC(C)C)C1. The van der Waals surface area contributed by atoms with Crippen LogP contribution in [-0.4, -0.2) is 12.1 Å². The number of ether oxygens (including phenoxy) is 1. The molecule has 0 aliphatic heterocycles. The van der Waals surface area contributed by atoms with Gasteiger partial charge < -0.3 is 10.5 Å². The molecule has 100 valence electrons. The molecular weight excluding hydrogens is 246 g/mol. The van der Waals surface area contributed by atoms with Gasteiger partial charge in [0.25, 0.3) is 0 Å². The maximum absolute atomic E-state index is 12.1. The van der Waals surface area contributed by atoms with Gasteiger partial charge in [-0.3, -0.25) is 0 Å². The van der Waals surface area contributed by atoms with Crippen LogP contribution in [0.2, 0.25) is 0 Å². The van der Waals surface area contributed by atoms with Crippen LogP contribution in [-0.2, 0) is 17.6 Å². The number of carbonyl (C=O) groups excluding carboxylic acids is 1. The third kappa shape index (κ3) is 2.53. The summed E-state index contributed by atoms with van der Waals surface area (Å²) < 4.78 is 5.28. The molecule has 1 heterocycles. The first-order chi connectivity index (χ1) is 8.52. The molecule has 0 saturated carbocycles. The zero-order valence-corrected chi connectivity index (χ0v) is 12.1. The van der Waals surface area contributed by atoms with Crippen molar-refractivity contribution in [1.82, 2.24) is 0 Å². The highest BCUT2D eigenvalue weighted by atomic mass is 32.1. The van der Waals surface area contributed by atoms with Crippen LogP contribution in [0.25, 0.3) is 0 Å². The van der Waals surface area contributed by atoms with E-state index in [9.17, 15) is 4.79 Å². The van der Waals surface area contributed by atoms with Crippen molar-refractivity contribution in [1.29, 1.82) is 0 Å². The average Bonchev–Trinajstić information content (AvgIpc) is 2.62. The van der Waals surface area contributed by atoms with E-state index in [2.05, 4.69) is 6.92 Å². The van der Waals surface area contributed by atoms with Gasteiger partial charge in [-0.15, -0.1) is 11.3 Å². The molecule has 0 amide bonds. The van der Waals surface area contributed by atoms with Crippen molar-refractivity contribution in [3.8, 4) is 0 Å². The summed E-state index contributed by atoms with van der Waals surface area (Å²) in [6.07, 6.45) is 4.28. The minimum atomic E-state index is -0.255. The summed E-state index contributed by atoms with van der Waals surface area (Å²) in [5.74, 6) is 0.486. The molecule has 1 unspecified atom stereocenters. The molecule has 2 rings (SSSR count). The summed E-state index contributed by atoms with van der Waals surface area (Å²) in [6.45, 7) is 5.95. The molecule has 1 atom stereocenters. The quantitative estimate of drug-likeness (QED) is 0.854. The molecule has 1 aromatic heterocycles. The number of thiophene rings is 1. The van der Waals surface area contributed by atoms with E-state index >= 15 is 0 Å². The zero-order valence-electron chi connectivity index (χ0n) is 11.3. The highest BCUT2D eigenvalue weighted by Gasteiger charge is 2.28. The predicted molar refractivity (Wildman–Crippen MR) is 75.1 cm³/mol. The number of rotatable bonds is 3. The maximum Gasteiger partial charge on any atom is 0.341 e. The minimum Gasteiger partial charge on any atom is -0.459 e.